The number of rotatable bonds is 2. The number of hydrogen-bond acceptors (Lipinski definition) is 2. The van der Waals surface area contributed by atoms with Crippen molar-refractivity contribution in [1.29, 1.82) is 0 Å². The highest BCUT2D eigenvalue weighted by molar-refractivity contribution is 6.12. The van der Waals surface area contributed by atoms with Crippen LogP contribution in [0.4, 0.5) is 10.1 Å². The largest absolute Gasteiger partial charge is 0.322 e. The van der Waals surface area contributed by atoms with E-state index >= 15 is 0 Å². The Kier molecular flexibility index (Phi) is 3.59. The third-order valence-electron chi connectivity index (χ3n) is 3.45. The highest BCUT2D eigenvalue weighted by Gasteiger charge is 2.13. The van der Waals surface area contributed by atoms with Crippen LogP contribution in [0.15, 0.2) is 48.5 Å². The zero-order valence-electron chi connectivity index (χ0n) is 12.4. The monoisotopic (exact) mass is 294 g/mol. The Morgan fingerprint density at radius 1 is 1.05 bits per heavy atom. The van der Waals surface area contributed by atoms with Gasteiger partial charge in [0.05, 0.1) is 11.1 Å². The number of carbonyl (C=O) groups is 1. The minimum Gasteiger partial charge on any atom is -0.322 e. The average molecular weight is 294 g/mol. The predicted octanol–water partition coefficient (Wildman–Crippen LogP) is 4.24. The molecule has 0 fully saturated rings. The van der Waals surface area contributed by atoms with E-state index in [1.165, 1.54) is 12.1 Å². The summed E-state index contributed by atoms with van der Waals surface area (Å²) in [6.07, 6.45) is 0. The molecule has 0 atom stereocenters. The van der Waals surface area contributed by atoms with Crippen LogP contribution in [0.5, 0.6) is 0 Å². The molecule has 3 rings (SSSR count). The Morgan fingerprint density at radius 3 is 2.50 bits per heavy atom. The molecule has 0 saturated carbocycles. The summed E-state index contributed by atoms with van der Waals surface area (Å²) in [5, 5.41) is 3.34. The van der Waals surface area contributed by atoms with Crippen molar-refractivity contribution in [3.05, 3.63) is 71.2 Å². The lowest BCUT2D eigenvalue weighted by Gasteiger charge is -2.09. The van der Waals surface area contributed by atoms with Crippen LogP contribution < -0.4 is 5.32 Å². The summed E-state index contributed by atoms with van der Waals surface area (Å²) < 4.78 is 13.5. The van der Waals surface area contributed by atoms with Gasteiger partial charge in [-0.25, -0.2) is 4.39 Å². The van der Waals surface area contributed by atoms with Gasteiger partial charge in [-0.15, -0.1) is 0 Å². The SMILES string of the molecule is Cc1ccc(NC(=O)c2cc(C)nc3ccc(F)cc23)cc1. The van der Waals surface area contributed by atoms with Crippen molar-refractivity contribution in [3.63, 3.8) is 0 Å². The molecule has 1 amide bonds. The zero-order valence-corrected chi connectivity index (χ0v) is 12.4. The number of nitrogens with one attached hydrogen (secondary N) is 1. The van der Waals surface area contributed by atoms with Crippen molar-refractivity contribution in [2.45, 2.75) is 13.8 Å². The van der Waals surface area contributed by atoms with Gasteiger partial charge in [0.25, 0.3) is 5.91 Å². The Hall–Kier alpha value is -2.75. The lowest BCUT2D eigenvalue weighted by molar-refractivity contribution is 0.102. The highest BCUT2D eigenvalue weighted by atomic mass is 19.1. The number of halogens is 1. The van der Waals surface area contributed by atoms with Gasteiger partial charge < -0.3 is 5.32 Å². The average Bonchev–Trinajstić information content (AvgIpc) is 2.49. The van der Waals surface area contributed by atoms with Crippen LogP contribution >= 0.6 is 0 Å². The van der Waals surface area contributed by atoms with Gasteiger partial charge >= 0.3 is 0 Å². The fourth-order valence-electron chi connectivity index (χ4n) is 2.35. The van der Waals surface area contributed by atoms with E-state index in [9.17, 15) is 9.18 Å². The van der Waals surface area contributed by atoms with Crippen LogP contribution in [0, 0.1) is 19.7 Å². The number of aryl methyl sites for hydroxylation is 2. The summed E-state index contributed by atoms with van der Waals surface area (Å²) in [6, 6.07) is 13.5. The van der Waals surface area contributed by atoms with E-state index in [1.54, 1.807) is 12.1 Å². The van der Waals surface area contributed by atoms with Crippen LogP contribution in [0.1, 0.15) is 21.6 Å². The Labute approximate surface area is 127 Å². The number of benzene rings is 2. The molecule has 0 aliphatic carbocycles. The minimum atomic E-state index is -0.387. The second-order valence-corrected chi connectivity index (χ2v) is 5.29. The second-order valence-electron chi connectivity index (χ2n) is 5.29. The van der Waals surface area contributed by atoms with Crippen molar-refractivity contribution in [2.24, 2.45) is 0 Å². The fourth-order valence-corrected chi connectivity index (χ4v) is 2.35. The van der Waals surface area contributed by atoms with Gasteiger partial charge in [-0.2, -0.15) is 0 Å². The first-order valence-electron chi connectivity index (χ1n) is 6.98. The standard InChI is InChI=1S/C18H15FN2O/c1-11-3-6-14(7-4-11)21-18(22)16-9-12(2)20-17-8-5-13(19)10-15(16)17/h3-10H,1-2H3,(H,21,22). The van der Waals surface area contributed by atoms with Gasteiger partial charge in [-0.3, -0.25) is 9.78 Å². The molecule has 0 saturated heterocycles. The van der Waals surface area contributed by atoms with Gasteiger partial charge in [-0.05, 0) is 50.2 Å². The molecule has 0 radical (unpaired) electrons. The normalized spacial score (nSPS) is 10.7. The molecular weight excluding hydrogens is 279 g/mol. The minimum absolute atomic E-state index is 0.273. The molecule has 0 spiro atoms. The number of aromatic nitrogens is 1. The lowest BCUT2D eigenvalue weighted by atomic mass is 10.1. The van der Waals surface area contributed by atoms with Gasteiger partial charge in [0.15, 0.2) is 0 Å². The van der Waals surface area contributed by atoms with Crippen molar-refractivity contribution in [3.8, 4) is 0 Å². The van der Waals surface area contributed by atoms with E-state index in [0.717, 1.165) is 5.56 Å². The maximum absolute atomic E-state index is 13.5. The zero-order chi connectivity index (χ0) is 15.7. The summed E-state index contributed by atoms with van der Waals surface area (Å²) in [6.45, 7) is 3.79. The van der Waals surface area contributed by atoms with Crippen molar-refractivity contribution in [1.82, 2.24) is 4.98 Å². The summed E-state index contributed by atoms with van der Waals surface area (Å²) >= 11 is 0. The summed E-state index contributed by atoms with van der Waals surface area (Å²) in [4.78, 5) is 16.8. The summed E-state index contributed by atoms with van der Waals surface area (Å²) in [5.41, 5.74) is 3.56. The molecule has 3 nitrogen and oxygen atoms in total. The number of hydrogen-bond donors (Lipinski definition) is 1. The predicted molar refractivity (Wildman–Crippen MR) is 85.6 cm³/mol. The second kappa shape index (κ2) is 5.56. The molecule has 4 heteroatoms. The molecule has 1 N–H and O–H groups in total. The number of anilines is 1. The molecule has 0 aliphatic rings. The van der Waals surface area contributed by atoms with Gasteiger partial charge in [0.1, 0.15) is 5.82 Å². The van der Waals surface area contributed by atoms with E-state index in [1.807, 2.05) is 38.1 Å². The van der Waals surface area contributed by atoms with Gasteiger partial charge in [0, 0.05) is 16.8 Å². The van der Waals surface area contributed by atoms with E-state index in [-0.39, 0.29) is 11.7 Å². The number of amides is 1. The number of fused-ring (bicyclic) bond motifs is 1. The van der Waals surface area contributed by atoms with Gasteiger partial charge in [0.2, 0.25) is 0 Å². The van der Waals surface area contributed by atoms with Gasteiger partial charge in [-0.1, -0.05) is 17.7 Å². The maximum Gasteiger partial charge on any atom is 0.256 e. The molecule has 3 aromatic rings. The molecule has 0 unspecified atom stereocenters. The van der Waals surface area contributed by atoms with Crippen LogP contribution in [-0.4, -0.2) is 10.9 Å². The topological polar surface area (TPSA) is 42.0 Å². The highest BCUT2D eigenvalue weighted by Crippen LogP contribution is 2.21. The fraction of sp³-hybridized carbons (Fsp3) is 0.111. The molecule has 1 aromatic heterocycles. The van der Waals surface area contributed by atoms with Crippen LogP contribution in [0.3, 0.4) is 0 Å². The third-order valence-corrected chi connectivity index (χ3v) is 3.45. The number of nitrogens with zero attached hydrogens (tertiary/aromatic N) is 1. The van der Waals surface area contributed by atoms with E-state index in [2.05, 4.69) is 10.3 Å². The number of pyridine rings is 1. The summed E-state index contributed by atoms with van der Waals surface area (Å²) in [5.74, 6) is -0.660. The van der Waals surface area contributed by atoms with Crippen LogP contribution in [0.25, 0.3) is 10.9 Å². The Balaban J connectivity index is 2.03. The Morgan fingerprint density at radius 2 is 1.77 bits per heavy atom. The smallest absolute Gasteiger partial charge is 0.256 e. The molecule has 22 heavy (non-hydrogen) atoms. The molecular formula is C18H15FN2O. The van der Waals surface area contributed by atoms with Crippen molar-refractivity contribution >= 4 is 22.5 Å². The molecule has 0 bridgehead atoms. The van der Waals surface area contributed by atoms with E-state index in [4.69, 9.17) is 0 Å². The first-order valence-corrected chi connectivity index (χ1v) is 6.98. The van der Waals surface area contributed by atoms with Crippen LogP contribution in [-0.2, 0) is 0 Å². The number of carbonyl (C=O) groups excluding carboxylic acids is 1. The van der Waals surface area contributed by atoms with Crippen molar-refractivity contribution in [2.75, 3.05) is 5.32 Å². The first-order chi connectivity index (χ1) is 10.5. The summed E-state index contributed by atoms with van der Waals surface area (Å²) in [7, 11) is 0. The Bertz CT molecular complexity index is 857. The van der Waals surface area contributed by atoms with Crippen molar-refractivity contribution < 1.29 is 9.18 Å². The molecule has 110 valence electrons. The molecule has 0 aliphatic heterocycles. The van der Waals surface area contributed by atoms with E-state index in [0.29, 0.717) is 27.8 Å². The van der Waals surface area contributed by atoms with Crippen LogP contribution in [0.2, 0.25) is 0 Å². The first kappa shape index (κ1) is 14.2. The third kappa shape index (κ3) is 2.81. The quantitative estimate of drug-likeness (QED) is 0.768. The maximum atomic E-state index is 13.5. The lowest BCUT2D eigenvalue weighted by Crippen LogP contribution is -2.13. The molecule has 1 heterocycles. The molecule has 2 aromatic carbocycles. The van der Waals surface area contributed by atoms with E-state index < -0.39 is 0 Å².